The zero-order valence-corrected chi connectivity index (χ0v) is 16.4. The molecule has 29 heavy (non-hydrogen) atoms. The Hall–Kier alpha value is -2.93. The Morgan fingerprint density at radius 1 is 1.07 bits per heavy atom. The lowest BCUT2D eigenvalue weighted by Gasteiger charge is -2.16. The molecule has 6 nitrogen and oxygen atoms in total. The highest BCUT2D eigenvalue weighted by Crippen LogP contribution is 2.31. The van der Waals surface area contributed by atoms with Gasteiger partial charge in [0, 0.05) is 12.1 Å². The Morgan fingerprint density at radius 3 is 2.62 bits per heavy atom. The summed E-state index contributed by atoms with van der Waals surface area (Å²) in [6.07, 6.45) is 2.99. The number of ether oxygens (including phenoxy) is 2. The molecule has 1 fully saturated rings. The second kappa shape index (κ2) is 9.05. The summed E-state index contributed by atoms with van der Waals surface area (Å²) in [6, 6.07) is 11.8. The van der Waals surface area contributed by atoms with Gasteiger partial charge in [0.1, 0.15) is 12.4 Å². The molecular weight excluding hydrogens is 373 g/mol. The summed E-state index contributed by atoms with van der Waals surface area (Å²) in [4.78, 5) is 6.85. The van der Waals surface area contributed by atoms with Crippen LogP contribution in [0.5, 0.6) is 11.5 Å². The summed E-state index contributed by atoms with van der Waals surface area (Å²) in [7, 11) is 1.61. The molecule has 0 amide bonds. The Labute approximate surface area is 169 Å². The van der Waals surface area contributed by atoms with Gasteiger partial charge in [-0.2, -0.15) is 4.98 Å². The van der Waals surface area contributed by atoms with Crippen LogP contribution >= 0.6 is 0 Å². The minimum absolute atomic E-state index is 0.269. The van der Waals surface area contributed by atoms with Crippen molar-refractivity contribution in [1.29, 1.82) is 0 Å². The van der Waals surface area contributed by atoms with Crippen molar-refractivity contribution in [2.75, 3.05) is 33.4 Å². The molecule has 1 aromatic heterocycles. The van der Waals surface area contributed by atoms with E-state index in [1.54, 1.807) is 19.2 Å². The van der Waals surface area contributed by atoms with Gasteiger partial charge in [-0.15, -0.1) is 0 Å². The molecule has 0 bridgehead atoms. The fraction of sp³-hybridized carbons (Fsp3) is 0.364. The van der Waals surface area contributed by atoms with Crippen molar-refractivity contribution in [3.05, 3.63) is 59.7 Å². The van der Waals surface area contributed by atoms with E-state index in [0.717, 1.165) is 30.8 Å². The number of hydrogen-bond acceptors (Lipinski definition) is 6. The molecule has 152 valence electrons. The van der Waals surface area contributed by atoms with E-state index in [-0.39, 0.29) is 5.82 Å². The molecule has 1 saturated heterocycles. The Kier molecular flexibility index (Phi) is 6.05. The quantitative estimate of drug-likeness (QED) is 0.574. The van der Waals surface area contributed by atoms with Crippen LogP contribution < -0.4 is 9.47 Å². The lowest BCUT2D eigenvalue weighted by Crippen LogP contribution is -2.25. The van der Waals surface area contributed by atoms with Crippen LogP contribution in [0.15, 0.2) is 47.0 Å². The first-order valence-corrected chi connectivity index (χ1v) is 9.82. The van der Waals surface area contributed by atoms with E-state index < -0.39 is 0 Å². The van der Waals surface area contributed by atoms with Crippen LogP contribution in [0, 0.1) is 5.82 Å². The minimum Gasteiger partial charge on any atom is -0.493 e. The zero-order valence-electron chi connectivity index (χ0n) is 16.4. The highest BCUT2D eigenvalue weighted by molar-refractivity contribution is 5.60. The predicted octanol–water partition coefficient (Wildman–Crippen LogP) is 3.95. The van der Waals surface area contributed by atoms with Crippen LogP contribution in [-0.4, -0.2) is 48.4 Å². The van der Waals surface area contributed by atoms with Gasteiger partial charge in [0.05, 0.1) is 13.5 Å². The van der Waals surface area contributed by atoms with Crippen LogP contribution in [0.3, 0.4) is 0 Å². The smallest absolute Gasteiger partial charge is 0.231 e. The Bertz CT molecular complexity index is 937. The summed E-state index contributed by atoms with van der Waals surface area (Å²) < 4.78 is 29.8. The van der Waals surface area contributed by atoms with E-state index >= 15 is 0 Å². The number of methoxy groups -OCH3 is 1. The first-order chi connectivity index (χ1) is 14.2. The molecule has 0 spiro atoms. The lowest BCUT2D eigenvalue weighted by molar-refractivity contribution is 0.230. The van der Waals surface area contributed by atoms with Crippen molar-refractivity contribution < 1.29 is 18.4 Å². The summed E-state index contributed by atoms with van der Waals surface area (Å²) in [5.74, 6) is 2.01. The lowest BCUT2D eigenvalue weighted by atomic mass is 10.1. The van der Waals surface area contributed by atoms with Gasteiger partial charge in [0.15, 0.2) is 11.5 Å². The van der Waals surface area contributed by atoms with Crippen molar-refractivity contribution in [2.45, 2.75) is 19.3 Å². The summed E-state index contributed by atoms with van der Waals surface area (Å²) in [5, 5.41) is 4.06. The number of hydrogen-bond donors (Lipinski definition) is 0. The second-order valence-electron chi connectivity index (χ2n) is 7.08. The Morgan fingerprint density at radius 2 is 1.86 bits per heavy atom. The molecule has 0 N–H and O–H groups in total. The predicted molar refractivity (Wildman–Crippen MR) is 107 cm³/mol. The maximum atomic E-state index is 13.0. The third-order valence-corrected chi connectivity index (χ3v) is 5.02. The average molecular weight is 397 g/mol. The van der Waals surface area contributed by atoms with E-state index in [9.17, 15) is 4.39 Å². The van der Waals surface area contributed by atoms with Crippen molar-refractivity contribution in [3.8, 4) is 22.9 Å². The number of benzene rings is 2. The van der Waals surface area contributed by atoms with Gasteiger partial charge in [0.2, 0.25) is 11.7 Å². The third-order valence-electron chi connectivity index (χ3n) is 5.02. The third kappa shape index (κ3) is 4.92. The van der Waals surface area contributed by atoms with Gasteiger partial charge >= 0.3 is 0 Å². The fourth-order valence-corrected chi connectivity index (χ4v) is 3.44. The molecule has 2 aromatic carbocycles. The number of aromatic nitrogens is 2. The number of nitrogens with zero attached hydrogens (tertiary/aromatic N) is 3. The van der Waals surface area contributed by atoms with E-state index in [1.165, 1.54) is 25.0 Å². The molecule has 0 saturated carbocycles. The molecule has 7 heteroatoms. The van der Waals surface area contributed by atoms with Gasteiger partial charge in [-0.1, -0.05) is 17.3 Å². The van der Waals surface area contributed by atoms with Crippen LogP contribution in [0.2, 0.25) is 0 Å². The average Bonchev–Trinajstić information content (AvgIpc) is 3.42. The van der Waals surface area contributed by atoms with Crippen molar-refractivity contribution >= 4 is 0 Å². The summed E-state index contributed by atoms with van der Waals surface area (Å²) in [6.45, 7) is 3.84. The van der Waals surface area contributed by atoms with Gasteiger partial charge in [-0.25, -0.2) is 4.39 Å². The molecule has 0 radical (unpaired) electrons. The monoisotopic (exact) mass is 397 g/mol. The first kappa shape index (κ1) is 19.4. The zero-order chi connectivity index (χ0) is 20.1. The van der Waals surface area contributed by atoms with Crippen LogP contribution in [-0.2, 0) is 6.42 Å². The molecule has 0 unspecified atom stereocenters. The van der Waals surface area contributed by atoms with Gasteiger partial charge < -0.3 is 14.0 Å². The SMILES string of the molecule is COc1cc(-c2noc(Cc3ccc(F)cc3)n2)ccc1OCCN1CCCC1. The summed E-state index contributed by atoms with van der Waals surface area (Å²) in [5.41, 5.74) is 1.68. The molecular formula is C22H24FN3O3. The molecule has 0 aliphatic carbocycles. The number of halogens is 1. The highest BCUT2D eigenvalue weighted by Gasteiger charge is 2.14. The first-order valence-electron chi connectivity index (χ1n) is 9.82. The minimum atomic E-state index is -0.269. The maximum Gasteiger partial charge on any atom is 0.231 e. The van der Waals surface area contributed by atoms with Crippen LogP contribution in [0.1, 0.15) is 24.3 Å². The normalized spacial score (nSPS) is 14.3. The van der Waals surface area contributed by atoms with Gasteiger partial charge in [-0.3, -0.25) is 4.90 Å². The molecule has 1 aliphatic rings. The molecule has 2 heterocycles. The van der Waals surface area contributed by atoms with E-state index in [4.69, 9.17) is 14.0 Å². The van der Waals surface area contributed by atoms with Crippen LogP contribution in [0.4, 0.5) is 4.39 Å². The molecule has 4 rings (SSSR count). The second-order valence-corrected chi connectivity index (χ2v) is 7.08. The largest absolute Gasteiger partial charge is 0.493 e. The van der Waals surface area contributed by atoms with Gasteiger partial charge in [-0.05, 0) is 61.8 Å². The standard InChI is InChI=1S/C22H24FN3O3/c1-27-20-15-17(6-9-19(20)28-13-12-26-10-2-3-11-26)22-24-21(29-25-22)14-16-4-7-18(23)8-5-16/h4-9,15H,2-3,10-14H2,1H3. The fourth-order valence-electron chi connectivity index (χ4n) is 3.44. The Balaban J connectivity index is 1.41. The van der Waals surface area contributed by atoms with Gasteiger partial charge in [0.25, 0.3) is 0 Å². The number of likely N-dealkylation sites (tertiary alicyclic amines) is 1. The van der Waals surface area contributed by atoms with E-state index in [0.29, 0.717) is 36.2 Å². The number of rotatable bonds is 8. The van der Waals surface area contributed by atoms with Crippen molar-refractivity contribution in [1.82, 2.24) is 15.0 Å². The molecule has 0 atom stereocenters. The van der Waals surface area contributed by atoms with E-state index in [1.807, 2.05) is 18.2 Å². The summed E-state index contributed by atoms with van der Waals surface area (Å²) >= 11 is 0. The highest BCUT2D eigenvalue weighted by atomic mass is 19.1. The molecule has 3 aromatic rings. The van der Waals surface area contributed by atoms with E-state index in [2.05, 4.69) is 15.0 Å². The topological polar surface area (TPSA) is 60.6 Å². The van der Waals surface area contributed by atoms with Crippen molar-refractivity contribution in [3.63, 3.8) is 0 Å². The molecule has 1 aliphatic heterocycles. The maximum absolute atomic E-state index is 13.0. The van der Waals surface area contributed by atoms with Crippen LogP contribution in [0.25, 0.3) is 11.4 Å². The van der Waals surface area contributed by atoms with Crippen molar-refractivity contribution in [2.24, 2.45) is 0 Å².